The van der Waals surface area contributed by atoms with Crippen molar-refractivity contribution in [1.82, 2.24) is 24.3 Å². The molecule has 3 aromatic carbocycles. The highest BCUT2D eigenvalue weighted by Gasteiger charge is 2.35. The number of halogens is 5. The molecule has 10 nitrogen and oxygen atoms in total. The number of nitrogens with zero attached hydrogens (tertiary/aromatic N) is 5. The topological polar surface area (TPSA) is 121 Å². The molecule has 0 aliphatic carbocycles. The number of aromatic nitrogens is 3. The van der Waals surface area contributed by atoms with Gasteiger partial charge in [0.2, 0.25) is 5.91 Å². The summed E-state index contributed by atoms with van der Waals surface area (Å²) in [7, 11) is 0. The average Bonchev–Trinajstić information content (AvgIpc) is 3.15. The highest BCUT2D eigenvalue weighted by molar-refractivity contribution is 5.80. The van der Waals surface area contributed by atoms with E-state index >= 15 is 0 Å². The number of pyridine rings is 1. The maximum absolute atomic E-state index is 14.6. The van der Waals surface area contributed by atoms with Gasteiger partial charge in [-0.1, -0.05) is 48.5 Å². The lowest BCUT2D eigenvalue weighted by Crippen LogP contribution is -2.60. The third-order valence-electron chi connectivity index (χ3n) is 10.0. The predicted octanol–water partition coefficient (Wildman–Crippen LogP) is 5.44. The number of carboxylic acid groups (broad SMARTS) is 1. The number of rotatable bonds is 12. The minimum atomic E-state index is -4.81. The molecule has 0 N–H and O–H groups in total. The SMILES string of the molecule is CC(C)(C(=O)[O-])N1CCC(N(Cc2ccc(-c3ccc(OC(F)(F)F)cc3)cc2)C(=O)Cn2c(CCc3cccc(F)c3F)nc(=O)c3cccnc32)CC1. The van der Waals surface area contributed by atoms with Crippen molar-refractivity contribution in [2.24, 2.45) is 0 Å². The molecule has 0 saturated carbocycles. The van der Waals surface area contributed by atoms with Gasteiger partial charge in [-0.3, -0.25) is 14.5 Å². The number of likely N-dealkylation sites (tertiary alicyclic amines) is 1. The van der Waals surface area contributed by atoms with Crippen LogP contribution >= 0.6 is 0 Å². The van der Waals surface area contributed by atoms with Gasteiger partial charge in [-0.2, -0.15) is 4.98 Å². The van der Waals surface area contributed by atoms with E-state index in [1.165, 1.54) is 47.2 Å². The highest BCUT2D eigenvalue weighted by atomic mass is 19.4. The summed E-state index contributed by atoms with van der Waals surface area (Å²) >= 11 is 0. The summed E-state index contributed by atoms with van der Waals surface area (Å²) in [6.45, 7) is 3.74. The van der Waals surface area contributed by atoms with Crippen molar-refractivity contribution < 1.29 is 41.4 Å². The monoisotopic (exact) mass is 762 g/mol. The third-order valence-corrected chi connectivity index (χ3v) is 10.0. The quantitative estimate of drug-likeness (QED) is 0.154. The molecule has 1 aliphatic heterocycles. The van der Waals surface area contributed by atoms with E-state index < -0.39 is 35.1 Å². The molecule has 0 bridgehead atoms. The smallest absolute Gasteiger partial charge is 0.548 e. The van der Waals surface area contributed by atoms with Gasteiger partial charge < -0.3 is 24.1 Å². The Morgan fingerprint density at radius 3 is 2.20 bits per heavy atom. The van der Waals surface area contributed by atoms with E-state index in [2.05, 4.69) is 14.7 Å². The number of carboxylic acids is 1. The molecular weight excluding hydrogens is 725 g/mol. The molecule has 1 aliphatic rings. The largest absolute Gasteiger partial charge is 0.573 e. The molecule has 1 fully saturated rings. The molecule has 5 aromatic rings. The lowest BCUT2D eigenvalue weighted by molar-refractivity contribution is -0.318. The number of hydrogen-bond acceptors (Lipinski definition) is 8. The van der Waals surface area contributed by atoms with E-state index in [4.69, 9.17) is 0 Å². The van der Waals surface area contributed by atoms with E-state index in [0.717, 1.165) is 11.6 Å². The zero-order chi connectivity index (χ0) is 39.5. The molecule has 55 heavy (non-hydrogen) atoms. The number of hydrogen-bond donors (Lipinski definition) is 0. The van der Waals surface area contributed by atoms with Gasteiger partial charge in [-0.05, 0) is 85.7 Å². The summed E-state index contributed by atoms with van der Waals surface area (Å²) in [6.07, 6.45) is -2.46. The zero-order valence-corrected chi connectivity index (χ0v) is 30.0. The van der Waals surface area contributed by atoms with Crippen molar-refractivity contribution in [2.75, 3.05) is 13.1 Å². The molecule has 0 atom stereocenters. The highest BCUT2D eigenvalue weighted by Crippen LogP contribution is 2.29. The van der Waals surface area contributed by atoms with Crippen molar-refractivity contribution in [1.29, 1.82) is 0 Å². The molecule has 288 valence electrons. The number of piperidine rings is 1. The van der Waals surface area contributed by atoms with Gasteiger partial charge in [-0.15, -0.1) is 13.2 Å². The first-order chi connectivity index (χ1) is 26.1. The van der Waals surface area contributed by atoms with Crippen LogP contribution in [0.1, 0.15) is 43.6 Å². The fraction of sp³-hybridized carbons (Fsp3) is 0.325. The Morgan fingerprint density at radius 1 is 0.909 bits per heavy atom. The minimum Gasteiger partial charge on any atom is -0.548 e. The maximum atomic E-state index is 14.6. The van der Waals surface area contributed by atoms with Crippen LogP contribution in [0.2, 0.25) is 0 Å². The first-order valence-corrected chi connectivity index (χ1v) is 17.6. The molecule has 2 aromatic heterocycles. The van der Waals surface area contributed by atoms with Crippen molar-refractivity contribution in [3.63, 3.8) is 0 Å². The van der Waals surface area contributed by atoms with Crippen LogP contribution in [0, 0.1) is 11.6 Å². The van der Waals surface area contributed by atoms with Crippen molar-refractivity contribution in [2.45, 2.75) is 70.6 Å². The first kappa shape index (κ1) is 39.0. The number of benzene rings is 3. The number of fused-ring (bicyclic) bond motifs is 1. The van der Waals surface area contributed by atoms with Gasteiger partial charge >= 0.3 is 6.36 Å². The first-order valence-electron chi connectivity index (χ1n) is 17.6. The molecule has 1 amide bonds. The second-order valence-corrected chi connectivity index (χ2v) is 13.9. The van der Waals surface area contributed by atoms with Crippen molar-refractivity contribution >= 4 is 22.9 Å². The zero-order valence-electron chi connectivity index (χ0n) is 30.0. The van der Waals surface area contributed by atoms with Gasteiger partial charge in [0, 0.05) is 38.3 Å². The Morgan fingerprint density at radius 2 is 1.56 bits per heavy atom. The van der Waals surface area contributed by atoms with Crippen LogP contribution in [-0.2, 0) is 35.5 Å². The molecule has 1 saturated heterocycles. The molecule has 0 unspecified atom stereocenters. The minimum absolute atomic E-state index is 0.00310. The van der Waals surface area contributed by atoms with Gasteiger partial charge in [-0.25, -0.2) is 13.8 Å². The molecule has 15 heteroatoms. The summed E-state index contributed by atoms with van der Waals surface area (Å²) in [5.74, 6) is -3.76. The Labute approximate surface area is 312 Å². The van der Waals surface area contributed by atoms with Gasteiger partial charge in [0.25, 0.3) is 5.56 Å². The number of carbonyl (C=O) groups is 2. The van der Waals surface area contributed by atoms with E-state index in [0.29, 0.717) is 37.1 Å². The Bertz CT molecular complexity index is 2240. The van der Waals surface area contributed by atoms with Gasteiger partial charge in [0.05, 0.1) is 16.9 Å². The Balaban J connectivity index is 1.29. The lowest BCUT2D eigenvalue weighted by Gasteiger charge is -2.45. The summed E-state index contributed by atoms with van der Waals surface area (Å²) in [6, 6.07) is 19.3. The van der Waals surface area contributed by atoms with Crippen molar-refractivity contribution in [3.8, 4) is 16.9 Å². The number of aliphatic carboxylic acids is 1. The number of amides is 1. The summed E-state index contributed by atoms with van der Waals surface area (Å²) in [4.78, 5) is 51.6. The van der Waals surface area contributed by atoms with Crippen LogP contribution in [0.25, 0.3) is 22.2 Å². The van der Waals surface area contributed by atoms with Crippen LogP contribution in [0.15, 0.2) is 89.9 Å². The maximum Gasteiger partial charge on any atom is 0.573 e. The van der Waals surface area contributed by atoms with Gasteiger partial charge in [0.15, 0.2) is 11.6 Å². The van der Waals surface area contributed by atoms with E-state index in [9.17, 15) is 41.4 Å². The summed E-state index contributed by atoms with van der Waals surface area (Å²) in [5.41, 5.74) is 0.581. The number of aryl methyl sites for hydroxylation is 2. The molecule has 0 radical (unpaired) electrons. The molecular formula is C40H37F5N5O5-. The Hall–Kier alpha value is -5.70. The van der Waals surface area contributed by atoms with Crippen molar-refractivity contribution in [3.05, 3.63) is 124 Å². The normalized spacial score (nSPS) is 14.2. The number of ether oxygens (including phenoxy) is 1. The molecule has 6 rings (SSSR count). The number of alkyl halides is 3. The predicted molar refractivity (Wildman–Crippen MR) is 190 cm³/mol. The second kappa shape index (κ2) is 16.0. The van der Waals surface area contributed by atoms with Gasteiger partial charge in [0.1, 0.15) is 23.8 Å². The summed E-state index contributed by atoms with van der Waals surface area (Å²) < 4.78 is 72.0. The molecule has 3 heterocycles. The fourth-order valence-electron chi connectivity index (χ4n) is 6.85. The summed E-state index contributed by atoms with van der Waals surface area (Å²) in [5, 5.41) is 12.1. The number of carbonyl (C=O) groups excluding carboxylic acids is 2. The van der Waals surface area contributed by atoms with E-state index in [1.807, 2.05) is 0 Å². The average molecular weight is 763 g/mol. The van der Waals surface area contributed by atoms with Crippen LogP contribution in [0.5, 0.6) is 5.75 Å². The van der Waals surface area contributed by atoms with Crippen LogP contribution in [-0.4, -0.2) is 67.2 Å². The standard InChI is InChI=1S/C40H38F5N5O5/c1-39(2,38(53)54)48-21-18-29(19-22-48)49(23-25-8-10-26(11-9-25)27-12-15-30(16-13-27)55-40(43,44)45)34(51)24-50-33(17-14-28-5-3-7-32(41)35(28)42)47-37(52)31-6-4-20-46-36(31)50/h3-13,15-16,20,29H,14,17-19,21-24H2,1-2H3,(H,53,54)/p-1. The fourth-order valence-corrected chi connectivity index (χ4v) is 6.85. The van der Waals surface area contributed by atoms with E-state index in [-0.39, 0.29) is 66.1 Å². The second-order valence-electron chi connectivity index (χ2n) is 13.9. The molecule has 0 spiro atoms. The Kier molecular flexibility index (Phi) is 11.3. The van der Waals surface area contributed by atoms with Crippen LogP contribution < -0.4 is 15.4 Å². The van der Waals surface area contributed by atoms with Crippen LogP contribution in [0.4, 0.5) is 22.0 Å². The van der Waals surface area contributed by atoms with E-state index in [1.54, 1.807) is 60.0 Å². The van der Waals surface area contributed by atoms with Crippen LogP contribution in [0.3, 0.4) is 0 Å². The third kappa shape index (κ3) is 8.99. The lowest BCUT2D eigenvalue weighted by atomic mass is 9.95.